The summed E-state index contributed by atoms with van der Waals surface area (Å²) in [6.45, 7) is 10.5. The molecule has 4 rings (SSSR count). The van der Waals surface area contributed by atoms with Crippen LogP contribution < -0.4 is 15.6 Å². The van der Waals surface area contributed by atoms with Crippen molar-refractivity contribution in [2.45, 2.75) is 39.7 Å². The van der Waals surface area contributed by atoms with E-state index in [4.69, 9.17) is 14.5 Å². The van der Waals surface area contributed by atoms with E-state index in [-0.39, 0.29) is 0 Å². The first-order valence-corrected chi connectivity index (χ1v) is 12.4. The van der Waals surface area contributed by atoms with Gasteiger partial charge in [0.2, 0.25) is 0 Å². The SMILES string of the molecule is Cc1ccc(NC(=O)OC(C)(C)Cc2nc(NN=Cc3cccc(C)c3)cc(N3CCOCC3)n2)cc1. The zero-order valence-corrected chi connectivity index (χ0v) is 21.8. The molecule has 2 N–H and O–H groups in total. The Labute approximate surface area is 217 Å². The largest absolute Gasteiger partial charge is 0.443 e. The minimum atomic E-state index is -0.847. The van der Waals surface area contributed by atoms with Crippen LogP contribution in [0.1, 0.15) is 36.4 Å². The van der Waals surface area contributed by atoms with E-state index in [1.165, 1.54) is 0 Å². The van der Waals surface area contributed by atoms with Crippen molar-refractivity contribution in [2.24, 2.45) is 5.10 Å². The van der Waals surface area contributed by atoms with Crippen LogP contribution in [0.4, 0.5) is 22.1 Å². The van der Waals surface area contributed by atoms with Crippen molar-refractivity contribution >= 4 is 29.6 Å². The molecule has 1 fully saturated rings. The Kier molecular flexibility index (Phi) is 8.35. The Bertz CT molecular complexity index is 1240. The summed E-state index contributed by atoms with van der Waals surface area (Å²) in [6.07, 6.45) is 1.55. The normalized spacial score (nSPS) is 14.0. The van der Waals surface area contributed by atoms with Gasteiger partial charge < -0.3 is 14.4 Å². The molecule has 2 heterocycles. The van der Waals surface area contributed by atoms with Gasteiger partial charge in [-0.15, -0.1) is 0 Å². The van der Waals surface area contributed by atoms with Gasteiger partial charge in [0, 0.05) is 31.3 Å². The maximum absolute atomic E-state index is 12.6. The van der Waals surface area contributed by atoms with Crippen molar-refractivity contribution in [3.8, 4) is 0 Å². The van der Waals surface area contributed by atoms with E-state index in [0.717, 1.165) is 35.6 Å². The van der Waals surface area contributed by atoms with Crippen LogP contribution in [0.15, 0.2) is 59.7 Å². The molecular weight excluding hydrogens is 468 g/mol. The Morgan fingerprint density at radius 1 is 1.08 bits per heavy atom. The van der Waals surface area contributed by atoms with Crippen LogP contribution in [0.3, 0.4) is 0 Å². The van der Waals surface area contributed by atoms with Crippen molar-refractivity contribution in [3.05, 3.63) is 77.1 Å². The Morgan fingerprint density at radius 3 is 2.57 bits per heavy atom. The zero-order valence-electron chi connectivity index (χ0n) is 21.8. The molecule has 194 valence electrons. The highest BCUT2D eigenvalue weighted by molar-refractivity contribution is 5.84. The molecule has 3 aromatic rings. The van der Waals surface area contributed by atoms with E-state index in [1.54, 1.807) is 6.21 Å². The number of benzene rings is 2. The van der Waals surface area contributed by atoms with Gasteiger partial charge in [-0.25, -0.2) is 14.8 Å². The van der Waals surface area contributed by atoms with E-state index in [2.05, 4.69) is 31.8 Å². The predicted octanol–water partition coefficient (Wildman–Crippen LogP) is 4.95. The molecule has 0 atom stereocenters. The second kappa shape index (κ2) is 11.8. The Morgan fingerprint density at radius 2 is 1.84 bits per heavy atom. The third-order valence-corrected chi connectivity index (χ3v) is 5.78. The lowest BCUT2D eigenvalue weighted by molar-refractivity contribution is 0.0479. The zero-order chi connectivity index (χ0) is 26.3. The average Bonchev–Trinajstić information content (AvgIpc) is 2.85. The van der Waals surface area contributed by atoms with Gasteiger partial charge in [-0.2, -0.15) is 5.10 Å². The summed E-state index contributed by atoms with van der Waals surface area (Å²) in [6, 6.07) is 17.5. The second-order valence-corrected chi connectivity index (χ2v) is 9.73. The second-order valence-electron chi connectivity index (χ2n) is 9.73. The molecule has 1 aliphatic rings. The van der Waals surface area contributed by atoms with E-state index >= 15 is 0 Å². The molecule has 9 heteroatoms. The number of nitrogens with zero attached hydrogens (tertiary/aromatic N) is 4. The molecule has 1 amide bonds. The Hall–Kier alpha value is -3.98. The fourth-order valence-electron chi connectivity index (χ4n) is 3.95. The van der Waals surface area contributed by atoms with E-state index in [1.807, 2.05) is 76.2 Å². The molecule has 0 aliphatic carbocycles. The van der Waals surface area contributed by atoms with E-state index in [9.17, 15) is 4.79 Å². The van der Waals surface area contributed by atoms with Crippen molar-refractivity contribution < 1.29 is 14.3 Å². The molecule has 9 nitrogen and oxygen atoms in total. The van der Waals surface area contributed by atoms with Crippen LogP contribution in [-0.4, -0.2) is 54.2 Å². The molecule has 0 spiro atoms. The summed E-state index contributed by atoms with van der Waals surface area (Å²) in [5.41, 5.74) is 6.13. The van der Waals surface area contributed by atoms with Crippen molar-refractivity contribution in [1.29, 1.82) is 0 Å². The number of hydrogen-bond donors (Lipinski definition) is 2. The monoisotopic (exact) mass is 502 g/mol. The fraction of sp³-hybridized carbons (Fsp3) is 0.357. The summed E-state index contributed by atoms with van der Waals surface area (Å²) in [5, 5.41) is 7.15. The van der Waals surface area contributed by atoms with Gasteiger partial charge in [0.1, 0.15) is 17.2 Å². The molecule has 0 bridgehead atoms. The molecule has 1 aromatic heterocycles. The highest BCUT2D eigenvalue weighted by atomic mass is 16.6. The van der Waals surface area contributed by atoms with E-state index in [0.29, 0.717) is 37.0 Å². The number of amides is 1. The van der Waals surface area contributed by atoms with Crippen molar-refractivity contribution in [2.75, 3.05) is 41.9 Å². The highest BCUT2D eigenvalue weighted by Gasteiger charge is 2.26. The smallest absolute Gasteiger partial charge is 0.412 e. The fourth-order valence-corrected chi connectivity index (χ4v) is 3.95. The minimum Gasteiger partial charge on any atom is -0.443 e. The van der Waals surface area contributed by atoms with Crippen LogP contribution in [0.2, 0.25) is 0 Å². The molecule has 0 saturated carbocycles. The third kappa shape index (κ3) is 8.01. The van der Waals surface area contributed by atoms with Gasteiger partial charge in [0.05, 0.1) is 19.4 Å². The summed E-state index contributed by atoms with van der Waals surface area (Å²) < 4.78 is 11.2. The standard InChI is InChI=1S/C28H34N6O3/c1-20-8-10-23(11-9-20)30-27(35)37-28(3,4)18-25-31-24(17-26(32-25)34-12-14-36-15-13-34)33-29-19-22-7-5-6-21(2)16-22/h5-11,16-17,19H,12-15,18H2,1-4H3,(H,30,35)(H,31,32,33). The molecular formula is C28H34N6O3. The first-order valence-electron chi connectivity index (χ1n) is 12.4. The lowest BCUT2D eigenvalue weighted by Crippen LogP contribution is -2.37. The van der Waals surface area contributed by atoms with Crippen LogP contribution in [-0.2, 0) is 15.9 Å². The minimum absolute atomic E-state index is 0.322. The lowest BCUT2D eigenvalue weighted by atomic mass is 10.0. The number of hydrogen-bond acceptors (Lipinski definition) is 8. The summed E-state index contributed by atoms with van der Waals surface area (Å²) in [4.78, 5) is 24.1. The van der Waals surface area contributed by atoms with E-state index < -0.39 is 11.7 Å². The number of morpholine rings is 1. The molecule has 0 unspecified atom stereocenters. The lowest BCUT2D eigenvalue weighted by Gasteiger charge is -2.29. The highest BCUT2D eigenvalue weighted by Crippen LogP contribution is 2.22. The Balaban J connectivity index is 1.48. The van der Waals surface area contributed by atoms with Gasteiger partial charge in [-0.05, 0) is 45.4 Å². The molecule has 2 aromatic carbocycles. The quantitative estimate of drug-likeness (QED) is 0.332. The van der Waals surface area contributed by atoms with Crippen molar-refractivity contribution in [1.82, 2.24) is 9.97 Å². The van der Waals surface area contributed by atoms with Crippen LogP contribution in [0.5, 0.6) is 0 Å². The number of rotatable bonds is 8. The van der Waals surface area contributed by atoms with Gasteiger partial charge in [0.15, 0.2) is 5.82 Å². The first-order chi connectivity index (χ1) is 17.8. The average molecular weight is 503 g/mol. The van der Waals surface area contributed by atoms with Crippen molar-refractivity contribution in [3.63, 3.8) is 0 Å². The van der Waals surface area contributed by atoms with Crippen LogP contribution in [0.25, 0.3) is 0 Å². The first kappa shape index (κ1) is 26.1. The van der Waals surface area contributed by atoms with Crippen LogP contribution >= 0.6 is 0 Å². The summed E-state index contributed by atoms with van der Waals surface area (Å²) >= 11 is 0. The summed E-state index contributed by atoms with van der Waals surface area (Å²) in [7, 11) is 0. The van der Waals surface area contributed by atoms with Gasteiger partial charge in [0.25, 0.3) is 0 Å². The number of carbonyl (C=O) groups is 1. The van der Waals surface area contributed by atoms with Gasteiger partial charge in [-0.1, -0.05) is 47.5 Å². The predicted molar refractivity (Wildman–Crippen MR) is 147 cm³/mol. The van der Waals surface area contributed by atoms with Gasteiger partial charge >= 0.3 is 6.09 Å². The number of aromatic nitrogens is 2. The topological polar surface area (TPSA) is 101 Å². The number of ether oxygens (including phenoxy) is 2. The molecule has 0 radical (unpaired) electrons. The summed E-state index contributed by atoms with van der Waals surface area (Å²) in [5.74, 6) is 1.89. The number of nitrogens with one attached hydrogen (secondary N) is 2. The maximum Gasteiger partial charge on any atom is 0.412 e. The maximum atomic E-state index is 12.6. The third-order valence-electron chi connectivity index (χ3n) is 5.78. The molecule has 1 aliphatic heterocycles. The number of carbonyl (C=O) groups excluding carboxylic acids is 1. The number of anilines is 3. The molecule has 37 heavy (non-hydrogen) atoms. The molecule has 1 saturated heterocycles. The number of aryl methyl sites for hydroxylation is 2. The van der Waals surface area contributed by atoms with Crippen LogP contribution in [0, 0.1) is 13.8 Å². The van der Waals surface area contributed by atoms with Gasteiger partial charge in [-0.3, -0.25) is 10.7 Å². The number of hydrazone groups is 1.